The maximum absolute atomic E-state index is 13.3. The minimum atomic E-state index is -0.324. The van der Waals surface area contributed by atoms with Crippen molar-refractivity contribution in [3.63, 3.8) is 0 Å². The maximum atomic E-state index is 13.3. The normalized spacial score (nSPS) is 17.3. The van der Waals surface area contributed by atoms with E-state index in [9.17, 15) is 9.59 Å². The number of aryl methyl sites for hydroxylation is 2. The predicted octanol–water partition coefficient (Wildman–Crippen LogP) is 3.83. The van der Waals surface area contributed by atoms with Gasteiger partial charge < -0.3 is 5.73 Å². The molecule has 2 aromatic heterocycles. The van der Waals surface area contributed by atoms with Crippen molar-refractivity contribution in [3.05, 3.63) is 26.6 Å². The van der Waals surface area contributed by atoms with E-state index in [-0.39, 0.29) is 16.9 Å². The monoisotopic (exact) mass is 389 g/mol. The molecule has 6 heteroatoms. The van der Waals surface area contributed by atoms with Crippen LogP contribution in [0.3, 0.4) is 0 Å². The number of amides is 1. The van der Waals surface area contributed by atoms with Gasteiger partial charge in [0.05, 0.1) is 5.39 Å². The van der Waals surface area contributed by atoms with E-state index in [2.05, 4.69) is 27.7 Å². The lowest BCUT2D eigenvalue weighted by molar-refractivity contribution is -0.118. The predicted molar refractivity (Wildman–Crippen MR) is 111 cm³/mol. The number of hydrogen-bond acceptors (Lipinski definition) is 4. The average Bonchev–Trinajstić information content (AvgIpc) is 2.94. The number of thiophene rings is 1. The number of carbonyl (C=O) groups is 1. The highest BCUT2D eigenvalue weighted by Gasteiger charge is 2.32. The quantitative estimate of drug-likeness (QED) is 0.815. The molecule has 1 aliphatic rings. The minimum absolute atomic E-state index is 0.0691. The number of aromatic nitrogens is 2. The van der Waals surface area contributed by atoms with E-state index >= 15 is 0 Å². The zero-order valence-electron chi connectivity index (χ0n) is 16.9. The highest BCUT2D eigenvalue weighted by Crippen LogP contribution is 2.42. The van der Waals surface area contributed by atoms with E-state index < -0.39 is 0 Å². The Hall–Kier alpha value is -1.69. The Labute approximate surface area is 165 Å². The molecule has 2 heterocycles. The second-order valence-corrected chi connectivity index (χ2v) is 9.88. The van der Waals surface area contributed by atoms with Crippen LogP contribution >= 0.6 is 11.3 Å². The van der Waals surface area contributed by atoms with Crippen LogP contribution < -0.4 is 11.3 Å². The summed E-state index contributed by atoms with van der Waals surface area (Å²) in [5, 5.41) is 0.821. The van der Waals surface area contributed by atoms with Crippen molar-refractivity contribution in [1.82, 2.24) is 9.55 Å². The molecule has 1 aliphatic carbocycles. The SMILES string of the molecule is CCCc1nc2sc3c(c2c(=O)n1CCCC(N)=O)CCC(C(C)(C)C)C3. The first-order valence-electron chi connectivity index (χ1n) is 10.0. The molecule has 5 nitrogen and oxygen atoms in total. The third-order valence-electron chi connectivity index (χ3n) is 5.75. The number of carbonyl (C=O) groups excluding carboxylic acids is 1. The summed E-state index contributed by atoms with van der Waals surface area (Å²) in [4.78, 5) is 31.5. The molecule has 0 saturated heterocycles. The van der Waals surface area contributed by atoms with Gasteiger partial charge in [0.2, 0.25) is 5.91 Å². The van der Waals surface area contributed by atoms with Gasteiger partial charge in [0.1, 0.15) is 10.7 Å². The second-order valence-electron chi connectivity index (χ2n) is 8.79. The average molecular weight is 390 g/mol. The standard InChI is InChI=1S/C21H31N3O2S/c1-5-7-17-23-19-18(20(26)24(17)11-6-8-16(22)25)14-10-9-13(21(2,3)4)12-15(14)27-19/h13H,5-12H2,1-4H3,(H2,22,25). The molecule has 1 amide bonds. The Balaban J connectivity index is 2.04. The third-order valence-corrected chi connectivity index (χ3v) is 6.90. The third kappa shape index (κ3) is 4.10. The fourth-order valence-electron chi connectivity index (χ4n) is 4.10. The van der Waals surface area contributed by atoms with E-state index in [1.807, 2.05) is 0 Å². The number of primary amides is 1. The molecular weight excluding hydrogens is 358 g/mol. The van der Waals surface area contributed by atoms with Gasteiger partial charge in [0.15, 0.2) is 0 Å². The molecule has 1 atom stereocenters. The van der Waals surface area contributed by atoms with Crippen LogP contribution in [0.1, 0.15) is 69.6 Å². The smallest absolute Gasteiger partial charge is 0.262 e. The first-order chi connectivity index (χ1) is 12.7. The fourth-order valence-corrected chi connectivity index (χ4v) is 5.41. The van der Waals surface area contributed by atoms with Crippen molar-refractivity contribution < 1.29 is 4.79 Å². The van der Waals surface area contributed by atoms with Gasteiger partial charge in [-0.15, -0.1) is 11.3 Å². The molecule has 0 aliphatic heterocycles. The second kappa shape index (κ2) is 7.74. The van der Waals surface area contributed by atoms with Gasteiger partial charge in [-0.1, -0.05) is 27.7 Å². The fraction of sp³-hybridized carbons (Fsp3) is 0.667. The van der Waals surface area contributed by atoms with Crippen molar-refractivity contribution in [2.24, 2.45) is 17.1 Å². The van der Waals surface area contributed by atoms with E-state index in [1.165, 1.54) is 10.4 Å². The topological polar surface area (TPSA) is 78.0 Å². The Kier molecular flexibility index (Phi) is 5.75. The van der Waals surface area contributed by atoms with Crippen LogP contribution in [0.2, 0.25) is 0 Å². The van der Waals surface area contributed by atoms with Crippen molar-refractivity contribution >= 4 is 27.5 Å². The summed E-state index contributed by atoms with van der Waals surface area (Å²) in [5.74, 6) is 1.16. The summed E-state index contributed by atoms with van der Waals surface area (Å²) < 4.78 is 1.79. The molecule has 148 valence electrons. The number of hydrogen-bond donors (Lipinski definition) is 1. The molecule has 0 fully saturated rings. The van der Waals surface area contributed by atoms with Crippen LogP contribution in [0.15, 0.2) is 4.79 Å². The van der Waals surface area contributed by atoms with Gasteiger partial charge in [-0.2, -0.15) is 0 Å². The summed E-state index contributed by atoms with van der Waals surface area (Å²) >= 11 is 1.71. The minimum Gasteiger partial charge on any atom is -0.370 e. The number of rotatable bonds is 6. The molecule has 0 saturated carbocycles. The van der Waals surface area contributed by atoms with Crippen molar-refractivity contribution in [2.75, 3.05) is 0 Å². The van der Waals surface area contributed by atoms with Gasteiger partial charge >= 0.3 is 0 Å². The van der Waals surface area contributed by atoms with Crippen LogP contribution in [0, 0.1) is 11.3 Å². The number of nitrogens with two attached hydrogens (primary N) is 1. The van der Waals surface area contributed by atoms with E-state index in [4.69, 9.17) is 10.7 Å². The Bertz CT molecular complexity index is 905. The summed E-state index contributed by atoms with van der Waals surface area (Å²) in [6.45, 7) is 9.52. The summed E-state index contributed by atoms with van der Waals surface area (Å²) in [6.07, 6.45) is 5.72. The zero-order valence-corrected chi connectivity index (χ0v) is 17.7. The molecule has 1 unspecified atom stereocenters. The molecule has 0 aromatic carbocycles. The van der Waals surface area contributed by atoms with Crippen molar-refractivity contribution in [2.45, 2.75) is 79.2 Å². The van der Waals surface area contributed by atoms with Gasteiger partial charge in [-0.3, -0.25) is 14.2 Å². The van der Waals surface area contributed by atoms with Gasteiger partial charge in [-0.05, 0) is 49.0 Å². The first kappa shape index (κ1) is 20.1. The summed E-state index contributed by atoms with van der Waals surface area (Å²) in [5.41, 5.74) is 6.84. The number of fused-ring (bicyclic) bond motifs is 3. The lowest BCUT2D eigenvalue weighted by Gasteiger charge is -2.33. The lowest BCUT2D eigenvalue weighted by atomic mass is 9.72. The molecule has 0 radical (unpaired) electrons. The Morgan fingerprint density at radius 3 is 2.74 bits per heavy atom. The van der Waals surface area contributed by atoms with E-state index in [1.54, 1.807) is 15.9 Å². The van der Waals surface area contributed by atoms with Gasteiger partial charge in [0.25, 0.3) is 5.56 Å². The number of nitrogens with zero attached hydrogens (tertiary/aromatic N) is 2. The van der Waals surface area contributed by atoms with Crippen LogP contribution in [0.5, 0.6) is 0 Å². The lowest BCUT2D eigenvalue weighted by Crippen LogP contribution is -2.28. The zero-order chi connectivity index (χ0) is 19.8. The van der Waals surface area contributed by atoms with Gasteiger partial charge in [-0.25, -0.2) is 4.98 Å². The maximum Gasteiger partial charge on any atom is 0.262 e. The Morgan fingerprint density at radius 1 is 1.37 bits per heavy atom. The van der Waals surface area contributed by atoms with Crippen LogP contribution in [-0.2, 0) is 30.6 Å². The van der Waals surface area contributed by atoms with Crippen molar-refractivity contribution in [3.8, 4) is 0 Å². The summed E-state index contributed by atoms with van der Waals surface area (Å²) in [6, 6.07) is 0. The molecule has 0 bridgehead atoms. The van der Waals surface area contributed by atoms with Crippen LogP contribution in [0.25, 0.3) is 10.2 Å². The molecule has 2 aromatic rings. The summed E-state index contributed by atoms with van der Waals surface area (Å²) in [7, 11) is 0. The van der Waals surface area contributed by atoms with Crippen molar-refractivity contribution in [1.29, 1.82) is 0 Å². The van der Waals surface area contributed by atoms with E-state index in [0.29, 0.717) is 25.3 Å². The molecule has 3 rings (SSSR count). The van der Waals surface area contributed by atoms with Crippen LogP contribution in [-0.4, -0.2) is 15.5 Å². The van der Waals surface area contributed by atoms with E-state index in [0.717, 1.165) is 48.1 Å². The van der Waals surface area contributed by atoms with Gasteiger partial charge in [0, 0.05) is 24.3 Å². The molecular formula is C21H31N3O2S. The first-order valence-corrected chi connectivity index (χ1v) is 10.9. The molecule has 2 N–H and O–H groups in total. The Morgan fingerprint density at radius 2 is 2.11 bits per heavy atom. The highest BCUT2D eigenvalue weighted by molar-refractivity contribution is 7.18. The molecule has 27 heavy (non-hydrogen) atoms. The van der Waals surface area contributed by atoms with Crippen LogP contribution in [0.4, 0.5) is 0 Å². The largest absolute Gasteiger partial charge is 0.370 e. The molecule has 0 spiro atoms. The highest BCUT2D eigenvalue weighted by atomic mass is 32.1.